The summed E-state index contributed by atoms with van der Waals surface area (Å²) in [5.74, 6) is 1.34. The highest BCUT2D eigenvalue weighted by Crippen LogP contribution is 2.48. The van der Waals surface area contributed by atoms with Crippen molar-refractivity contribution in [3.05, 3.63) is 70.6 Å². The molecule has 0 saturated carbocycles. The lowest BCUT2D eigenvalue weighted by molar-refractivity contribution is 0.183. The number of halogens is 1. The Morgan fingerprint density at radius 1 is 1.08 bits per heavy atom. The number of piperazine rings is 1. The first-order valence-corrected chi connectivity index (χ1v) is 12.7. The number of fused-ring (bicyclic) bond motifs is 1. The van der Waals surface area contributed by atoms with Gasteiger partial charge in [0.05, 0.1) is 43.7 Å². The average Bonchev–Trinajstić information content (AvgIpc) is 3.27. The lowest BCUT2D eigenvalue weighted by atomic mass is 9.93. The molecule has 0 spiro atoms. The Kier molecular flexibility index (Phi) is 7.14. The lowest BCUT2D eigenvalue weighted by Gasteiger charge is -2.32. The Morgan fingerprint density at radius 3 is 2.58 bits per heavy atom. The number of nitrogens with zero attached hydrogens (tertiary/aromatic N) is 4. The molecule has 2 aromatic heterocycles. The molecule has 4 aromatic rings. The molecule has 7 nitrogen and oxygen atoms in total. The zero-order chi connectivity index (χ0) is 25.2. The largest absolute Gasteiger partial charge is 0.493 e. The maximum Gasteiger partial charge on any atom is 0.169 e. The second kappa shape index (κ2) is 10.5. The molecule has 36 heavy (non-hydrogen) atoms. The van der Waals surface area contributed by atoms with Crippen LogP contribution in [0.1, 0.15) is 29.9 Å². The molecule has 1 saturated heterocycles. The summed E-state index contributed by atoms with van der Waals surface area (Å²) in [7, 11) is 3.35. The van der Waals surface area contributed by atoms with Crippen LogP contribution in [0.3, 0.4) is 0 Å². The van der Waals surface area contributed by atoms with E-state index < -0.39 is 0 Å². The SMILES string of the molecule is COc1cc2c(c(C(C)N3CCNCC3)nn2Cc2ccccn2)c(-c2cccc(Cl)c2C)c1OC. The first kappa shape index (κ1) is 24.6. The average molecular weight is 506 g/mol. The first-order valence-electron chi connectivity index (χ1n) is 12.3. The number of aromatic nitrogens is 3. The smallest absolute Gasteiger partial charge is 0.169 e. The molecule has 8 heteroatoms. The van der Waals surface area contributed by atoms with Crippen molar-refractivity contribution in [1.82, 2.24) is 25.0 Å². The second-order valence-electron chi connectivity index (χ2n) is 9.12. The van der Waals surface area contributed by atoms with Crippen LogP contribution >= 0.6 is 11.6 Å². The van der Waals surface area contributed by atoms with E-state index in [0.29, 0.717) is 23.1 Å². The van der Waals surface area contributed by atoms with Gasteiger partial charge in [0, 0.05) is 54.4 Å². The molecule has 1 fully saturated rings. The molecule has 1 unspecified atom stereocenters. The van der Waals surface area contributed by atoms with Crippen molar-refractivity contribution in [2.24, 2.45) is 0 Å². The molecule has 1 atom stereocenters. The predicted octanol–water partition coefficient (Wildman–Crippen LogP) is 5.09. The van der Waals surface area contributed by atoms with Gasteiger partial charge in [0.25, 0.3) is 0 Å². The highest BCUT2D eigenvalue weighted by atomic mass is 35.5. The first-order chi connectivity index (χ1) is 17.5. The standard InChI is InChI=1S/C28H32ClN5O2/c1-18-21(9-7-10-22(18)29)25-26-23(16-24(35-3)28(25)36-4)34(17-20-8-5-6-11-31-20)32-27(26)19(2)33-14-12-30-13-15-33/h5-11,16,19,30H,12-15,17H2,1-4H3. The molecule has 0 aliphatic carbocycles. The van der Waals surface area contributed by atoms with E-state index in [0.717, 1.165) is 65.2 Å². The molecule has 188 valence electrons. The monoisotopic (exact) mass is 505 g/mol. The number of hydrogen-bond acceptors (Lipinski definition) is 6. The number of hydrogen-bond donors (Lipinski definition) is 1. The van der Waals surface area contributed by atoms with Crippen LogP contribution in [0.2, 0.25) is 5.02 Å². The summed E-state index contributed by atoms with van der Waals surface area (Å²) in [6.07, 6.45) is 1.82. The summed E-state index contributed by atoms with van der Waals surface area (Å²) >= 11 is 6.60. The van der Waals surface area contributed by atoms with Crippen LogP contribution in [0.4, 0.5) is 0 Å². The summed E-state index contributed by atoms with van der Waals surface area (Å²) in [4.78, 5) is 7.04. The van der Waals surface area contributed by atoms with Gasteiger partial charge in [-0.25, -0.2) is 0 Å². The Labute approximate surface area is 217 Å². The Hall–Kier alpha value is -3.13. The Bertz CT molecular complexity index is 1370. The summed E-state index contributed by atoms with van der Waals surface area (Å²) in [5.41, 5.74) is 5.89. The van der Waals surface area contributed by atoms with Crippen molar-refractivity contribution in [2.45, 2.75) is 26.4 Å². The molecule has 1 aliphatic heterocycles. The van der Waals surface area contributed by atoms with E-state index in [4.69, 9.17) is 26.2 Å². The van der Waals surface area contributed by atoms with Gasteiger partial charge in [-0.1, -0.05) is 29.8 Å². The summed E-state index contributed by atoms with van der Waals surface area (Å²) in [6, 6.07) is 14.1. The second-order valence-corrected chi connectivity index (χ2v) is 9.53. The van der Waals surface area contributed by atoms with Crippen LogP contribution in [0, 0.1) is 6.92 Å². The van der Waals surface area contributed by atoms with Crippen molar-refractivity contribution >= 4 is 22.5 Å². The highest BCUT2D eigenvalue weighted by Gasteiger charge is 2.29. The van der Waals surface area contributed by atoms with E-state index in [-0.39, 0.29) is 6.04 Å². The molecule has 0 amide bonds. The minimum absolute atomic E-state index is 0.107. The number of ether oxygens (including phenoxy) is 2. The fraction of sp³-hybridized carbons (Fsp3) is 0.357. The summed E-state index contributed by atoms with van der Waals surface area (Å²) in [5, 5.41) is 10.4. The Morgan fingerprint density at radius 2 is 1.89 bits per heavy atom. The lowest BCUT2D eigenvalue weighted by Crippen LogP contribution is -2.44. The molecule has 1 N–H and O–H groups in total. The van der Waals surface area contributed by atoms with E-state index in [9.17, 15) is 0 Å². The van der Waals surface area contributed by atoms with Crippen LogP contribution < -0.4 is 14.8 Å². The van der Waals surface area contributed by atoms with Gasteiger partial charge < -0.3 is 14.8 Å². The topological polar surface area (TPSA) is 64.4 Å². The third-order valence-electron chi connectivity index (χ3n) is 7.08. The van der Waals surface area contributed by atoms with Gasteiger partial charge in [0.15, 0.2) is 11.5 Å². The highest BCUT2D eigenvalue weighted by molar-refractivity contribution is 6.31. The molecule has 3 heterocycles. The number of nitrogens with one attached hydrogen (secondary N) is 1. The van der Waals surface area contributed by atoms with Gasteiger partial charge in [-0.2, -0.15) is 5.10 Å². The number of pyridine rings is 1. The minimum Gasteiger partial charge on any atom is -0.493 e. The number of rotatable bonds is 7. The molecular weight excluding hydrogens is 474 g/mol. The fourth-order valence-electron chi connectivity index (χ4n) is 5.11. The maximum absolute atomic E-state index is 6.60. The van der Waals surface area contributed by atoms with E-state index in [1.54, 1.807) is 14.2 Å². The third kappa shape index (κ3) is 4.43. The number of benzene rings is 2. The third-order valence-corrected chi connectivity index (χ3v) is 7.49. The maximum atomic E-state index is 6.60. The van der Waals surface area contributed by atoms with Crippen molar-refractivity contribution < 1.29 is 9.47 Å². The van der Waals surface area contributed by atoms with Gasteiger partial charge in [-0.15, -0.1) is 0 Å². The Balaban J connectivity index is 1.82. The zero-order valence-electron chi connectivity index (χ0n) is 21.2. The van der Waals surface area contributed by atoms with Gasteiger partial charge in [0.2, 0.25) is 0 Å². The fourth-order valence-corrected chi connectivity index (χ4v) is 5.29. The van der Waals surface area contributed by atoms with E-state index in [2.05, 4.69) is 28.2 Å². The normalized spacial score (nSPS) is 15.2. The minimum atomic E-state index is 0.107. The van der Waals surface area contributed by atoms with Crippen molar-refractivity contribution in [3.63, 3.8) is 0 Å². The molecule has 5 rings (SSSR count). The van der Waals surface area contributed by atoms with Gasteiger partial charge >= 0.3 is 0 Å². The summed E-state index contributed by atoms with van der Waals surface area (Å²) in [6.45, 7) is 8.70. The molecule has 0 bridgehead atoms. The van der Waals surface area contributed by atoms with Crippen molar-refractivity contribution in [1.29, 1.82) is 0 Å². The quantitative estimate of drug-likeness (QED) is 0.377. The molecule has 0 radical (unpaired) electrons. The van der Waals surface area contributed by atoms with Gasteiger partial charge in [0.1, 0.15) is 0 Å². The van der Waals surface area contributed by atoms with Crippen LogP contribution in [0.5, 0.6) is 11.5 Å². The summed E-state index contributed by atoms with van der Waals surface area (Å²) < 4.78 is 13.9. The van der Waals surface area contributed by atoms with Crippen LogP contribution in [-0.4, -0.2) is 60.1 Å². The predicted molar refractivity (Wildman–Crippen MR) is 144 cm³/mol. The van der Waals surface area contributed by atoms with Crippen molar-refractivity contribution in [2.75, 3.05) is 40.4 Å². The van der Waals surface area contributed by atoms with Gasteiger partial charge in [-0.05, 0) is 43.2 Å². The zero-order valence-corrected chi connectivity index (χ0v) is 22.0. The van der Waals surface area contributed by atoms with Crippen LogP contribution in [-0.2, 0) is 6.54 Å². The van der Waals surface area contributed by atoms with Crippen LogP contribution in [0.25, 0.3) is 22.0 Å². The molecule has 2 aromatic carbocycles. The van der Waals surface area contributed by atoms with E-state index in [1.165, 1.54) is 0 Å². The van der Waals surface area contributed by atoms with Crippen molar-refractivity contribution in [3.8, 4) is 22.6 Å². The van der Waals surface area contributed by atoms with Gasteiger partial charge in [-0.3, -0.25) is 14.6 Å². The van der Waals surface area contributed by atoms with E-state index in [1.807, 2.05) is 54.2 Å². The van der Waals surface area contributed by atoms with E-state index >= 15 is 0 Å². The molecular formula is C28H32ClN5O2. The number of methoxy groups -OCH3 is 2. The molecule has 1 aliphatic rings. The van der Waals surface area contributed by atoms with Crippen LogP contribution in [0.15, 0.2) is 48.7 Å².